The highest BCUT2D eigenvalue weighted by molar-refractivity contribution is 6.16. The zero-order valence-corrected chi connectivity index (χ0v) is 17.0. The van der Waals surface area contributed by atoms with Crippen LogP contribution in [0.5, 0.6) is 5.75 Å². The van der Waals surface area contributed by atoms with E-state index in [9.17, 15) is 9.59 Å². The largest absolute Gasteiger partial charge is 0.494 e. The highest BCUT2D eigenvalue weighted by Gasteiger charge is 2.36. The number of hydrogen-bond donors (Lipinski definition) is 0. The second-order valence-electron chi connectivity index (χ2n) is 6.70. The predicted molar refractivity (Wildman–Crippen MR) is 112 cm³/mol. The molecular formula is C24H25NO4. The molecule has 0 saturated heterocycles. The van der Waals surface area contributed by atoms with Crippen molar-refractivity contribution in [2.24, 2.45) is 0 Å². The van der Waals surface area contributed by atoms with E-state index in [0.29, 0.717) is 36.4 Å². The van der Waals surface area contributed by atoms with E-state index in [0.717, 1.165) is 16.9 Å². The van der Waals surface area contributed by atoms with Crippen molar-refractivity contribution in [1.82, 2.24) is 4.90 Å². The number of methoxy groups -OCH3 is 1. The van der Waals surface area contributed by atoms with E-state index in [2.05, 4.69) is 0 Å². The first-order chi connectivity index (χ1) is 14.0. The highest BCUT2D eigenvalue weighted by Crippen LogP contribution is 2.32. The Morgan fingerprint density at radius 1 is 1.07 bits per heavy atom. The Morgan fingerprint density at radius 3 is 2.38 bits per heavy atom. The maximum atomic E-state index is 13.1. The van der Waals surface area contributed by atoms with Crippen LogP contribution in [0.25, 0.3) is 6.08 Å². The van der Waals surface area contributed by atoms with Crippen LogP contribution in [0.3, 0.4) is 0 Å². The van der Waals surface area contributed by atoms with Crippen molar-refractivity contribution in [3.05, 3.63) is 82.6 Å². The SMILES string of the molecule is CCOc1ccc(/C=C2\C(=O)N(CCc3ccccc3)C(C)=C2C(=O)OC)cc1. The van der Waals surface area contributed by atoms with Gasteiger partial charge in [-0.05, 0) is 49.6 Å². The Morgan fingerprint density at radius 2 is 1.76 bits per heavy atom. The van der Waals surface area contributed by atoms with Crippen molar-refractivity contribution in [1.29, 1.82) is 0 Å². The topological polar surface area (TPSA) is 55.8 Å². The van der Waals surface area contributed by atoms with Gasteiger partial charge in [-0.15, -0.1) is 0 Å². The molecule has 0 radical (unpaired) electrons. The third-order valence-electron chi connectivity index (χ3n) is 4.87. The Balaban J connectivity index is 1.89. The smallest absolute Gasteiger partial charge is 0.340 e. The van der Waals surface area contributed by atoms with Gasteiger partial charge in [0.25, 0.3) is 5.91 Å². The van der Waals surface area contributed by atoms with Gasteiger partial charge in [0.1, 0.15) is 5.75 Å². The van der Waals surface area contributed by atoms with E-state index in [-0.39, 0.29) is 5.91 Å². The summed E-state index contributed by atoms with van der Waals surface area (Å²) in [5.41, 5.74) is 3.24. The minimum Gasteiger partial charge on any atom is -0.494 e. The molecule has 0 spiro atoms. The molecule has 0 unspecified atom stereocenters. The Labute approximate surface area is 171 Å². The van der Waals surface area contributed by atoms with Gasteiger partial charge in [0.2, 0.25) is 0 Å². The van der Waals surface area contributed by atoms with E-state index < -0.39 is 5.97 Å². The molecule has 2 aromatic rings. The number of hydrogen-bond acceptors (Lipinski definition) is 4. The maximum absolute atomic E-state index is 13.1. The van der Waals surface area contributed by atoms with Crippen molar-refractivity contribution in [2.75, 3.05) is 20.3 Å². The standard InChI is InChI=1S/C24H25NO4/c1-4-29-20-12-10-19(11-13-20)16-21-22(24(27)28-3)17(2)25(23(21)26)15-14-18-8-6-5-7-9-18/h5-13,16H,4,14-15H2,1-3H3/b21-16-. The maximum Gasteiger partial charge on any atom is 0.340 e. The molecule has 0 aromatic heterocycles. The molecule has 29 heavy (non-hydrogen) atoms. The molecule has 5 heteroatoms. The molecule has 0 N–H and O–H groups in total. The molecule has 1 aliphatic rings. The first kappa shape index (κ1) is 20.4. The van der Waals surface area contributed by atoms with Crippen LogP contribution in [0.1, 0.15) is 25.0 Å². The summed E-state index contributed by atoms with van der Waals surface area (Å²) in [7, 11) is 1.33. The first-order valence-electron chi connectivity index (χ1n) is 9.65. The van der Waals surface area contributed by atoms with Gasteiger partial charge >= 0.3 is 5.97 Å². The van der Waals surface area contributed by atoms with E-state index in [1.165, 1.54) is 7.11 Å². The summed E-state index contributed by atoms with van der Waals surface area (Å²) < 4.78 is 10.4. The van der Waals surface area contributed by atoms with Crippen LogP contribution < -0.4 is 4.74 Å². The van der Waals surface area contributed by atoms with Gasteiger partial charge in [-0.2, -0.15) is 0 Å². The zero-order chi connectivity index (χ0) is 20.8. The van der Waals surface area contributed by atoms with Gasteiger partial charge < -0.3 is 14.4 Å². The molecular weight excluding hydrogens is 366 g/mol. The number of amides is 1. The van der Waals surface area contributed by atoms with E-state index in [1.807, 2.05) is 61.5 Å². The van der Waals surface area contributed by atoms with Crippen LogP contribution in [0.4, 0.5) is 0 Å². The predicted octanol–water partition coefficient (Wildman–Crippen LogP) is 4.00. The van der Waals surface area contributed by atoms with Crippen molar-refractivity contribution < 1.29 is 19.1 Å². The highest BCUT2D eigenvalue weighted by atomic mass is 16.5. The summed E-state index contributed by atoms with van der Waals surface area (Å²) in [5, 5.41) is 0. The fraction of sp³-hybridized carbons (Fsp3) is 0.250. The third-order valence-corrected chi connectivity index (χ3v) is 4.87. The molecule has 150 valence electrons. The second kappa shape index (κ2) is 9.24. The number of carbonyl (C=O) groups is 2. The fourth-order valence-corrected chi connectivity index (χ4v) is 3.38. The van der Waals surface area contributed by atoms with E-state index in [1.54, 1.807) is 17.9 Å². The summed E-state index contributed by atoms with van der Waals surface area (Å²) in [6.45, 7) is 4.79. The average molecular weight is 391 g/mol. The number of carbonyl (C=O) groups excluding carboxylic acids is 2. The molecule has 0 bridgehead atoms. The molecule has 3 rings (SSSR count). The van der Waals surface area contributed by atoms with Crippen LogP contribution in [0, 0.1) is 0 Å². The van der Waals surface area contributed by atoms with Gasteiger partial charge in [-0.1, -0.05) is 42.5 Å². The van der Waals surface area contributed by atoms with Crippen LogP contribution in [0.2, 0.25) is 0 Å². The van der Waals surface area contributed by atoms with Crippen molar-refractivity contribution in [3.8, 4) is 5.75 Å². The average Bonchev–Trinajstić information content (AvgIpc) is 2.97. The minimum absolute atomic E-state index is 0.187. The van der Waals surface area contributed by atoms with Crippen molar-refractivity contribution in [3.63, 3.8) is 0 Å². The molecule has 1 amide bonds. The van der Waals surface area contributed by atoms with Crippen LogP contribution in [-0.4, -0.2) is 37.0 Å². The molecule has 2 aromatic carbocycles. The number of benzene rings is 2. The number of rotatable bonds is 7. The monoisotopic (exact) mass is 391 g/mol. The van der Waals surface area contributed by atoms with Crippen molar-refractivity contribution >= 4 is 18.0 Å². The van der Waals surface area contributed by atoms with Crippen molar-refractivity contribution in [2.45, 2.75) is 20.3 Å². The summed E-state index contributed by atoms with van der Waals surface area (Å²) >= 11 is 0. The molecule has 0 atom stereocenters. The quantitative estimate of drug-likeness (QED) is 0.529. The van der Waals surface area contributed by atoms with Gasteiger partial charge in [-0.25, -0.2) is 4.79 Å². The molecule has 0 saturated carbocycles. The number of esters is 1. The van der Waals surface area contributed by atoms with E-state index >= 15 is 0 Å². The lowest BCUT2D eigenvalue weighted by atomic mass is 10.0. The zero-order valence-electron chi connectivity index (χ0n) is 17.0. The summed E-state index contributed by atoms with van der Waals surface area (Å²) in [6, 6.07) is 17.4. The third kappa shape index (κ3) is 4.57. The molecule has 1 aliphatic heterocycles. The van der Waals surface area contributed by atoms with E-state index in [4.69, 9.17) is 9.47 Å². The summed E-state index contributed by atoms with van der Waals surface area (Å²) in [5.74, 6) is 0.0692. The van der Waals surface area contributed by atoms with Crippen LogP contribution in [-0.2, 0) is 20.7 Å². The Kier molecular flexibility index (Phi) is 6.50. The molecule has 0 fully saturated rings. The minimum atomic E-state index is -0.504. The molecule has 0 aliphatic carbocycles. The Hall–Kier alpha value is -3.34. The first-order valence-corrected chi connectivity index (χ1v) is 9.65. The normalized spacial score (nSPS) is 15.2. The number of ether oxygens (including phenoxy) is 2. The summed E-state index contributed by atoms with van der Waals surface area (Å²) in [6.07, 6.45) is 2.44. The second-order valence-corrected chi connectivity index (χ2v) is 6.70. The van der Waals surface area contributed by atoms with Gasteiger partial charge in [-0.3, -0.25) is 4.79 Å². The lowest BCUT2D eigenvalue weighted by Crippen LogP contribution is -2.27. The lowest BCUT2D eigenvalue weighted by molar-refractivity contribution is -0.136. The van der Waals surface area contributed by atoms with Crippen LogP contribution >= 0.6 is 0 Å². The Bertz CT molecular complexity index is 943. The van der Waals surface area contributed by atoms with Gasteiger partial charge in [0.15, 0.2) is 0 Å². The molecule has 1 heterocycles. The number of nitrogens with zero attached hydrogens (tertiary/aromatic N) is 1. The number of allylic oxidation sites excluding steroid dienone is 1. The van der Waals surface area contributed by atoms with Gasteiger partial charge in [0.05, 0.1) is 24.9 Å². The van der Waals surface area contributed by atoms with Gasteiger partial charge in [0, 0.05) is 12.2 Å². The molecule has 5 nitrogen and oxygen atoms in total. The lowest BCUT2D eigenvalue weighted by Gasteiger charge is -2.17. The summed E-state index contributed by atoms with van der Waals surface area (Å²) in [4.78, 5) is 27.2. The fourth-order valence-electron chi connectivity index (χ4n) is 3.38. The van der Waals surface area contributed by atoms with Crippen LogP contribution in [0.15, 0.2) is 71.4 Å².